The number of nitrogens with zero attached hydrogens (tertiary/aromatic N) is 1. The normalized spacial score (nSPS) is 10.8. The van der Waals surface area contributed by atoms with Gasteiger partial charge < -0.3 is 10.4 Å². The number of carbonyl (C=O) groups excluding carboxylic acids is 1. The van der Waals surface area contributed by atoms with E-state index in [1.54, 1.807) is 17.4 Å². The van der Waals surface area contributed by atoms with Gasteiger partial charge in [-0.3, -0.25) is 4.79 Å². The summed E-state index contributed by atoms with van der Waals surface area (Å²) in [4.78, 5) is 27.7. The van der Waals surface area contributed by atoms with Crippen LogP contribution in [0.5, 0.6) is 0 Å². The quantitative estimate of drug-likeness (QED) is 0.779. The fourth-order valence-electron chi connectivity index (χ4n) is 1.95. The van der Waals surface area contributed by atoms with Crippen molar-refractivity contribution in [2.75, 3.05) is 6.54 Å². The number of carboxylic acids is 1. The third-order valence-corrected chi connectivity index (χ3v) is 4.79. The number of amides is 1. The highest BCUT2D eigenvalue weighted by Crippen LogP contribution is 2.19. The summed E-state index contributed by atoms with van der Waals surface area (Å²) in [5.74, 6) is -0.961. The Morgan fingerprint density at radius 1 is 1.30 bits per heavy atom. The van der Waals surface area contributed by atoms with Crippen LogP contribution < -0.4 is 5.32 Å². The van der Waals surface area contributed by atoms with Crippen LogP contribution in [0.4, 0.5) is 0 Å². The molecule has 7 heteroatoms. The van der Waals surface area contributed by atoms with Crippen LogP contribution in [0, 0.1) is 0 Å². The summed E-state index contributed by atoms with van der Waals surface area (Å²) in [6, 6.07) is 4.42. The Balaban J connectivity index is 1.95. The maximum absolute atomic E-state index is 12.1. The Morgan fingerprint density at radius 3 is 2.61 bits per heavy atom. The number of carboxylic acid groups (broad SMARTS) is 1. The number of halogens is 1. The second-order valence-corrected chi connectivity index (χ2v) is 7.18. The molecule has 0 unspecified atom stereocenters. The molecular formula is C16H17BrN2O3S. The molecule has 122 valence electrons. The smallest absolute Gasteiger partial charge is 0.335 e. The molecule has 0 fully saturated rings. The van der Waals surface area contributed by atoms with E-state index in [1.165, 1.54) is 12.1 Å². The first kappa shape index (κ1) is 17.6. The van der Waals surface area contributed by atoms with Crippen LogP contribution in [0.15, 0.2) is 28.1 Å². The third kappa shape index (κ3) is 4.87. The van der Waals surface area contributed by atoms with Gasteiger partial charge in [0.25, 0.3) is 5.91 Å². The van der Waals surface area contributed by atoms with E-state index in [1.807, 2.05) is 5.38 Å². The maximum Gasteiger partial charge on any atom is 0.335 e. The van der Waals surface area contributed by atoms with E-state index in [-0.39, 0.29) is 11.5 Å². The van der Waals surface area contributed by atoms with Gasteiger partial charge in [-0.15, -0.1) is 11.3 Å². The highest BCUT2D eigenvalue weighted by molar-refractivity contribution is 9.10. The van der Waals surface area contributed by atoms with Crippen molar-refractivity contribution in [2.24, 2.45) is 0 Å². The first-order valence-corrected chi connectivity index (χ1v) is 8.80. The molecule has 2 rings (SSSR count). The van der Waals surface area contributed by atoms with Crippen LogP contribution in [0.2, 0.25) is 0 Å². The Hall–Kier alpha value is -1.73. The first-order chi connectivity index (χ1) is 10.9. The second-order valence-electron chi connectivity index (χ2n) is 5.37. The van der Waals surface area contributed by atoms with Crippen LogP contribution in [0.25, 0.3) is 0 Å². The number of aromatic carboxylic acids is 1. The third-order valence-electron chi connectivity index (χ3n) is 3.14. The van der Waals surface area contributed by atoms with Crippen LogP contribution >= 0.6 is 27.3 Å². The predicted molar refractivity (Wildman–Crippen MR) is 93.3 cm³/mol. The number of hydrogen-bond donors (Lipinski definition) is 2. The lowest BCUT2D eigenvalue weighted by Crippen LogP contribution is -2.26. The fraction of sp³-hybridized carbons (Fsp3) is 0.312. The maximum atomic E-state index is 12.1. The zero-order valence-corrected chi connectivity index (χ0v) is 15.2. The Labute approximate surface area is 146 Å². The molecule has 1 amide bonds. The SMILES string of the molecule is CC(C)c1nc(CCNC(=O)c2cc(Br)cc(C(=O)O)c2)cs1. The monoisotopic (exact) mass is 396 g/mol. The van der Waals surface area contributed by atoms with Gasteiger partial charge in [-0.25, -0.2) is 9.78 Å². The summed E-state index contributed by atoms with van der Waals surface area (Å²) < 4.78 is 0.559. The number of carbonyl (C=O) groups is 2. The molecule has 0 atom stereocenters. The van der Waals surface area contributed by atoms with Crippen molar-refractivity contribution in [1.29, 1.82) is 0 Å². The van der Waals surface area contributed by atoms with Crippen molar-refractivity contribution >= 4 is 39.1 Å². The van der Waals surface area contributed by atoms with Crippen LogP contribution in [0.1, 0.15) is 51.2 Å². The van der Waals surface area contributed by atoms with Gasteiger partial charge in [0.2, 0.25) is 0 Å². The topological polar surface area (TPSA) is 79.3 Å². The molecule has 1 heterocycles. The van der Waals surface area contributed by atoms with Gasteiger partial charge >= 0.3 is 5.97 Å². The predicted octanol–water partition coefficient (Wildman–Crippen LogP) is 3.70. The number of hydrogen-bond acceptors (Lipinski definition) is 4. The molecule has 0 spiro atoms. The molecule has 0 saturated heterocycles. The van der Waals surface area contributed by atoms with E-state index in [9.17, 15) is 9.59 Å². The van der Waals surface area contributed by atoms with E-state index < -0.39 is 5.97 Å². The van der Waals surface area contributed by atoms with Gasteiger partial charge in [0.1, 0.15) is 0 Å². The van der Waals surface area contributed by atoms with Gasteiger partial charge in [-0.1, -0.05) is 29.8 Å². The molecule has 0 aliphatic heterocycles. The number of aromatic nitrogens is 1. The lowest BCUT2D eigenvalue weighted by Gasteiger charge is -2.06. The minimum absolute atomic E-state index is 0.0746. The van der Waals surface area contributed by atoms with Crippen molar-refractivity contribution in [2.45, 2.75) is 26.2 Å². The number of thiazole rings is 1. The van der Waals surface area contributed by atoms with E-state index in [4.69, 9.17) is 5.11 Å². The molecule has 5 nitrogen and oxygen atoms in total. The molecule has 1 aromatic carbocycles. The first-order valence-electron chi connectivity index (χ1n) is 7.13. The molecule has 2 N–H and O–H groups in total. The Kier molecular flexibility index (Phi) is 5.90. The molecule has 0 aliphatic carbocycles. The zero-order chi connectivity index (χ0) is 17.0. The van der Waals surface area contributed by atoms with Gasteiger partial charge in [0, 0.05) is 34.3 Å². The molecule has 0 saturated carbocycles. The number of nitrogens with one attached hydrogen (secondary N) is 1. The standard InChI is InChI=1S/C16H17BrN2O3S/c1-9(2)15-19-13(8-23-15)3-4-18-14(20)10-5-11(16(21)22)7-12(17)6-10/h5-9H,3-4H2,1-2H3,(H,18,20)(H,21,22). The molecule has 0 bridgehead atoms. The summed E-state index contributed by atoms with van der Waals surface area (Å²) >= 11 is 4.84. The van der Waals surface area contributed by atoms with Crippen molar-refractivity contribution < 1.29 is 14.7 Å². The van der Waals surface area contributed by atoms with Crippen molar-refractivity contribution in [1.82, 2.24) is 10.3 Å². The highest BCUT2D eigenvalue weighted by Gasteiger charge is 2.12. The van der Waals surface area contributed by atoms with Crippen LogP contribution in [-0.2, 0) is 6.42 Å². The van der Waals surface area contributed by atoms with Crippen molar-refractivity contribution in [3.63, 3.8) is 0 Å². The fourth-order valence-corrected chi connectivity index (χ4v) is 3.32. The summed E-state index contributed by atoms with van der Waals surface area (Å²) in [5.41, 5.74) is 1.35. The summed E-state index contributed by atoms with van der Waals surface area (Å²) in [6.45, 7) is 4.64. The second kappa shape index (κ2) is 7.70. The Morgan fingerprint density at radius 2 is 2.00 bits per heavy atom. The van der Waals surface area contributed by atoms with E-state index in [0.29, 0.717) is 28.9 Å². The molecule has 0 radical (unpaired) electrons. The van der Waals surface area contributed by atoms with Gasteiger partial charge in [0.15, 0.2) is 0 Å². The molecule has 2 aromatic rings. The van der Waals surface area contributed by atoms with Crippen molar-refractivity contribution in [3.05, 3.63) is 49.9 Å². The molecule has 1 aromatic heterocycles. The highest BCUT2D eigenvalue weighted by atomic mass is 79.9. The Bertz CT molecular complexity index is 728. The summed E-state index contributed by atoms with van der Waals surface area (Å²) in [6.07, 6.45) is 0.648. The molecule has 23 heavy (non-hydrogen) atoms. The number of benzene rings is 1. The average Bonchev–Trinajstić information content (AvgIpc) is 2.95. The molecule has 0 aliphatic rings. The average molecular weight is 397 g/mol. The van der Waals surface area contributed by atoms with Gasteiger partial charge in [0.05, 0.1) is 16.3 Å². The minimum Gasteiger partial charge on any atom is -0.478 e. The van der Waals surface area contributed by atoms with Crippen LogP contribution in [-0.4, -0.2) is 28.5 Å². The lowest BCUT2D eigenvalue weighted by atomic mass is 10.1. The van der Waals surface area contributed by atoms with Gasteiger partial charge in [-0.05, 0) is 18.2 Å². The van der Waals surface area contributed by atoms with Gasteiger partial charge in [-0.2, -0.15) is 0 Å². The van der Waals surface area contributed by atoms with E-state index >= 15 is 0 Å². The van der Waals surface area contributed by atoms with Crippen LogP contribution in [0.3, 0.4) is 0 Å². The minimum atomic E-state index is -1.07. The van der Waals surface area contributed by atoms with E-state index in [0.717, 1.165) is 10.7 Å². The lowest BCUT2D eigenvalue weighted by molar-refractivity contribution is 0.0697. The van der Waals surface area contributed by atoms with E-state index in [2.05, 4.69) is 40.1 Å². The largest absolute Gasteiger partial charge is 0.478 e. The molecular weight excluding hydrogens is 380 g/mol. The summed E-state index contributed by atoms with van der Waals surface area (Å²) in [5, 5.41) is 14.9. The summed E-state index contributed by atoms with van der Waals surface area (Å²) in [7, 11) is 0. The van der Waals surface area contributed by atoms with Crippen molar-refractivity contribution in [3.8, 4) is 0 Å². The zero-order valence-electron chi connectivity index (χ0n) is 12.8. The number of rotatable bonds is 6.